The number of carbonyl (C=O) groups is 3. The lowest BCUT2D eigenvalue weighted by Crippen LogP contribution is -2.43. The number of amides is 3. The number of halogens is 1. The number of nitrogens with zero attached hydrogens (tertiary/aromatic N) is 3. The lowest BCUT2D eigenvalue weighted by Gasteiger charge is -2.30. The molecule has 3 aromatic rings. The van der Waals surface area contributed by atoms with Gasteiger partial charge in [-0.15, -0.1) is 0 Å². The number of carboxylic acid groups (broad SMARTS) is 1. The molecule has 1 aliphatic heterocycles. The predicted molar refractivity (Wildman–Crippen MR) is 166 cm³/mol. The predicted octanol–water partition coefficient (Wildman–Crippen LogP) is 6.05. The van der Waals surface area contributed by atoms with E-state index in [9.17, 15) is 19.5 Å². The molecule has 3 heterocycles. The first-order valence-electron chi connectivity index (χ1n) is 14.8. The van der Waals surface area contributed by atoms with Crippen LogP contribution in [0.5, 0.6) is 5.88 Å². The molecule has 0 bridgehead atoms. The van der Waals surface area contributed by atoms with E-state index in [0.29, 0.717) is 10.9 Å². The number of nitrogens with one attached hydrogen (secondary N) is 3. The summed E-state index contributed by atoms with van der Waals surface area (Å²) in [5.41, 5.74) is -0.149. The van der Waals surface area contributed by atoms with Crippen LogP contribution < -0.4 is 25.6 Å². The molecular weight excluding hydrogens is 587 g/mol. The summed E-state index contributed by atoms with van der Waals surface area (Å²) in [6, 6.07) is 3.10. The minimum Gasteiger partial charge on any atom is -0.474 e. The Morgan fingerprint density at radius 3 is 2.53 bits per heavy atom. The molecular formula is C31H37FN6O7. The van der Waals surface area contributed by atoms with Crippen molar-refractivity contribution in [3.8, 4) is 17.0 Å². The van der Waals surface area contributed by atoms with Crippen molar-refractivity contribution in [2.75, 3.05) is 35.7 Å². The highest BCUT2D eigenvalue weighted by molar-refractivity contribution is 6.04. The first-order chi connectivity index (χ1) is 21.4. The number of aromatic nitrogens is 2. The molecule has 1 fully saturated rings. The van der Waals surface area contributed by atoms with Crippen molar-refractivity contribution in [1.29, 1.82) is 0 Å². The molecule has 2 aliphatic rings. The Labute approximate surface area is 259 Å². The first-order valence-corrected chi connectivity index (χ1v) is 14.8. The molecule has 2 atom stereocenters. The molecule has 1 aliphatic carbocycles. The highest BCUT2D eigenvalue weighted by atomic mass is 19.1. The van der Waals surface area contributed by atoms with Gasteiger partial charge in [-0.1, -0.05) is 6.42 Å². The third-order valence-corrected chi connectivity index (χ3v) is 7.77. The maximum Gasteiger partial charge on any atom is 0.413 e. The molecule has 2 aromatic heterocycles. The van der Waals surface area contributed by atoms with Gasteiger partial charge in [-0.2, -0.15) is 0 Å². The van der Waals surface area contributed by atoms with Crippen LogP contribution in [0.2, 0.25) is 0 Å². The summed E-state index contributed by atoms with van der Waals surface area (Å²) in [5, 5.41) is 18.8. The summed E-state index contributed by atoms with van der Waals surface area (Å²) in [5.74, 6) is -0.546. The van der Waals surface area contributed by atoms with E-state index in [0.717, 1.165) is 30.6 Å². The van der Waals surface area contributed by atoms with Crippen LogP contribution in [0.15, 0.2) is 24.5 Å². The van der Waals surface area contributed by atoms with Gasteiger partial charge in [0.25, 0.3) is 0 Å². The largest absolute Gasteiger partial charge is 0.474 e. The van der Waals surface area contributed by atoms with Crippen LogP contribution >= 0.6 is 0 Å². The number of benzene rings is 1. The molecule has 13 nitrogen and oxygen atoms in total. The highest BCUT2D eigenvalue weighted by Gasteiger charge is 2.30. The van der Waals surface area contributed by atoms with E-state index in [1.807, 2.05) is 7.05 Å². The summed E-state index contributed by atoms with van der Waals surface area (Å²) >= 11 is 0. The van der Waals surface area contributed by atoms with Crippen molar-refractivity contribution in [3.05, 3.63) is 35.9 Å². The van der Waals surface area contributed by atoms with Crippen molar-refractivity contribution in [1.82, 2.24) is 15.3 Å². The summed E-state index contributed by atoms with van der Waals surface area (Å²) in [4.78, 5) is 47.3. The molecule has 3 amide bonds. The lowest BCUT2D eigenvalue weighted by molar-refractivity contribution is 0.0630. The molecule has 0 spiro atoms. The number of pyridine rings is 2. The number of anilines is 3. The van der Waals surface area contributed by atoms with Crippen LogP contribution in [0.3, 0.4) is 0 Å². The maximum atomic E-state index is 16.4. The number of rotatable bonds is 5. The molecule has 0 saturated heterocycles. The lowest BCUT2D eigenvalue weighted by atomic mass is 9.92. The van der Waals surface area contributed by atoms with Crippen LogP contribution in [-0.4, -0.2) is 71.3 Å². The summed E-state index contributed by atoms with van der Waals surface area (Å²) in [6.45, 7) is 6.89. The Morgan fingerprint density at radius 2 is 1.82 bits per heavy atom. The third kappa shape index (κ3) is 6.85. The van der Waals surface area contributed by atoms with Crippen molar-refractivity contribution >= 4 is 46.2 Å². The second kappa shape index (κ2) is 12.7. The van der Waals surface area contributed by atoms with Crippen LogP contribution in [0.25, 0.3) is 21.9 Å². The van der Waals surface area contributed by atoms with E-state index in [1.54, 1.807) is 27.7 Å². The van der Waals surface area contributed by atoms with Crippen LogP contribution in [0.1, 0.15) is 52.0 Å². The molecule has 1 saturated carbocycles. The number of ether oxygens (including phenoxy) is 3. The average Bonchev–Trinajstić information content (AvgIpc) is 2.98. The molecule has 0 radical (unpaired) electrons. The van der Waals surface area contributed by atoms with Gasteiger partial charge < -0.3 is 24.6 Å². The van der Waals surface area contributed by atoms with Crippen molar-refractivity contribution in [2.24, 2.45) is 0 Å². The molecule has 240 valence electrons. The smallest absolute Gasteiger partial charge is 0.413 e. The zero-order valence-electron chi connectivity index (χ0n) is 25.8. The highest BCUT2D eigenvalue weighted by Crippen LogP contribution is 2.42. The van der Waals surface area contributed by atoms with Gasteiger partial charge in [-0.25, -0.2) is 28.7 Å². The Morgan fingerprint density at radius 1 is 1.07 bits per heavy atom. The van der Waals surface area contributed by atoms with E-state index in [-0.39, 0.29) is 64.9 Å². The monoisotopic (exact) mass is 624 g/mol. The average molecular weight is 625 g/mol. The van der Waals surface area contributed by atoms with Crippen LogP contribution in [0, 0.1) is 12.7 Å². The molecule has 45 heavy (non-hydrogen) atoms. The second-order valence-corrected chi connectivity index (χ2v) is 12.0. The molecule has 5 rings (SSSR count). The fourth-order valence-electron chi connectivity index (χ4n) is 5.70. The van der Waals surface area contributed by atoms with Crippen LogP contribution in [-0.2, 0) is 9.47 Å². The zero-order chi connectivity index (χ0) is 32.5. The van der Waals surface area contributed by atoms with E-state index >= 15 is 4.39 Å². The molecule has 2 unspecified atom stereocenters. The van der Waals surface area contributed by atoms with Gasteiger partial charge in [0.2, 0.25) is 5.88 Å². The third-order valence-electron chi connectivity index (χ3n) is 7.77. The molecule has 4 N–H and O–H groups in total. The van der Waals surface area contributed by atoms with Crippen LogP contribution in [0.4, 0.5) is 36.0 Å². The summed E-state index contributed by atoms with van der Waals surface area (Å²) < 4.78 is 33.0. The van der Waals surface area contributed by atoms with E-state index in [2.05, 4.69) is 25.9 Å². The number of hydrogen-bond acceptors (Lipinski definition) is 9. The minimum atomic E-state index is -1.20. The normalized spacial score (nSPS) is 18.0. The quantitative estimate of drug-likeness (QED) is 0.263. The van der Waals surface area contributed by atoms with Gasteiger partial charge in [0, 0.05) is 34.9 Å². The number of hydrogen-bond donors (Lipinski definition) is 4. The fourth-order valence-corrected chi connectivity index (χ4v) is 5.70. The van der Waals surface area contributed by atoms with Gasteiger partial charge >= 0.3 is 18.3 Å². The topological polar surface area (TPSA) is 164 Å². The van der Waals surface area contributed by atoms with E-state index < -0.39 is 29.7 Å². The van der Waals surface area contributed by atoms with Gasteiger partial charge in [0.1, 0.15) is 29.8 Å². The Bertz CT molecular complexity index is 1640. The molecule has 1 aromatic carbocycles. The number of fused-ring (bicyclic) bond motifs is 2. The van der Waals surface area contributed by atoms with E-state index in [4.69, 9.17) is 14.2 Å². The van der Waals surface area contributed by atoms with Gasteiger partial charge in [-0.3, -0.25) is 15.5 Å². The fraction of sp³-hybridized carbons (Fsp3) is 0.452. The van der Waals surface area contributed by atoms with Gasteiger partial charge in [-0.05, 0) is 77.1 Å². The maximum absolute atomic E-state index is 16.4. The zero-order valence-corrected chi connectivity index (χ0v) is 25.8. The standard InChI is InChI=1S/C31H37FN6O7/c1-16-19(14-35-27-26(16)38(30(41)42)10-11-43-27)18-12-17-13-23(36-28(39)44-22-9-7-6-8-21(22)33-5)34-15-20(17)25(24(18)32)37-29(40)45-31(2,3)4/h12-15,21-22,33H,6-11H2,1-5H3,(H,37,40)(H,41,42)(H,34,36,39). The van der Waals surface area contributed by atoms with Gasteiger partial charge in [0.05, 0.1) is 12.2 Å². The Hall–Kier alpha value is -4.72. The SMILES string of the molecule is CNC1CCCCC1OC(=O)Nc1cc2cc(-c3cnc4c(c3C)N(C(=O)O)CCO4)c(F)c(NC(=O)OC(C)(C)C)c2cn1. The molecule has 14 heteroatoms. The van der Waals surface area contributed by atoms with E-state index in [1.165, 1.54) is 24.5 Å². The first kappa shape index (κ1) is 31.7. The van der Waals surface area contributed by atoms with Crippen molar-refractivity contribution in [2.45, 2.75) is 71.1 Å². The summed E-state index contributed by atoms with van der Waals surface area (Å²) in [7, 11) is 1.83. The second-order valence-electron chi connectivity index (χ2n) is 12.0. The number of likely N-dealkylation sites (N-methyl/N-ethyl adjacent to an activating group) is 1. The minimum absolute atomic E-state index is 0.0241. The number of carbonyl (C=O) groups excluding carboxylic acids is 2. The Kier molecular flexibility index (Phi) is 8.96. The Balaban J connectivity index is 1.57. The summed E-state index contributed by atoms with van der Waals surface area (Å²) in [6.07, 6.45) is 3.33. The van der Waals surface area contributed by atoms with Gasteiger partial charge in [0.15, 0.2) is 5.82 Å². The van der Waals surface area contributed by atoms with Crippen molar-refractivity contribution < 1.29 is 38.1 Å². The van der Waals surface area contributed by atoms with Crippen molar-refractivity contribution in [3.63, 3.8) is 0 Å².